The van der Waals surface area contributed by atoms with Gasteiger partial charge in [0.15, 0.2) is 0 Å². The average molecular weight is 324 g/mol. The molecule has 5 nitrogen and oxygen atoms in total. The molecule has 1 amide bonds. The van der Waals surface area contributed by atoms with Crippen LogP contribution in [-0.2, 0) is 9.47 Å². The van der Waals surface area contributed by atoms with Crippen molar-refractivity contribution in [2.24, 2.45) is 5.92 Å². The number of ether oxygens (including phenoxy) is 2. The second-order valence-electron chi connectivity index (χ2n) is 6.76. The lowest BCUT2D eigenvalue weighted by molar-refractivity contribution is 0.0635. The third-order valence-electron chi connectivity index (χ3n) is 3.53. The van der Waals surface area contributed by atoms with Gasteiger partial charge in [-0.3, -0.25) is 5.32 Å². The predicted octanol–water partition coefficient (Wildman–Crippen LogP) is 4.01. The molecule has 1 aromatic rings. The number of carbonyl (C=O) groups is 1. The van der Waals surface area contributed by atoms with Crippen LogP contribution in [0.25, 0.3) is 0 Å². The van der Waals surface area contributed by atoms with Gasteiger partial charge in [-0.2, -0.15) is 0 Å². The molecule has 1 saturated heterocycles. The first-order valence-electron chi connectivity index (χ1n) is 7.95. The second kappa shape index (κ2) is 7.64. The van der Waals surface area contributed by atoms with Gasteiger partial charge in [0.2, 0.25) is 0 Å². The molecule has 0 radical (unpaired) electrons. The van der Waals surface area contributed by atoms with Crippen molar-refractivity contribution in [2.45, 2.75) is 39.2 Å². The van der Waals surface area contributed by atoms with Crippen LogP contribution >= 0.6 is 0 Å². The van der Waals surface area contributed by atoms with E-state index < -0.39 is 11.7 Å². The van der Waals surface area contributed by atoms with Gasteiger partial charge in [-0.25, -0.2) is 9.18 Å². The first-order valence-corrected chi connectivity index (χ1v) is 7.95. The molecule has 0 spiro atoms. The molecule has 2 rings (SSSR count). The molecule has 0 aliphatic carbocycles. The third kappa shape index (κ3) is 6.06. The molecule has 0 unspecified atom stereocenters. The lowest BCUT2D eigenvalue weighted by atomic mass is 10.0. The van der Waals surface area contributed by atoms with Gasteiger partial charge in [0.1, 0.15) is 11.4 Å². The number of benzene rings is 1. The van der Waals surface area contributed by atoms with Crippen molar-refractivity contribution in [3.8, 4) is 0 Å². The average Bonchev–Trinajstić information content (AvgIpc) is 2.47. The van der Waals surface area contributed by atoms with E-state index in [0.717, 1.165) is 26.1 Å². The van der Waals surface area contributed by atoms with Crippen molar-refractivity contribution >= 4 is 17.5 Å². The lowest BCUT2D eigenvalue weighted by Crippen LogP contribution is -2.27. The highest BCUT2D eigenvalue weighted by Crippen LogP contribution is 2.22. The maximum Gasteiger partial charge on any atom is 0.412 e. The van der Waals surface area contributed by atoms with Gasteiger partial charge in [-0.1, -0.05) is 0 Å². The topological polar surface area (TPSA) is 59.6 Å². The Balaban J connectivity index is 1.93. The Morgan fingerprint density at radius 3 is 2.70 bits per heavy atom. The molecule has 0 saturated carbocycles. The lowest BCUT2D eigenvalue weighted by Gasteiger charge is -2.23. The number of rotatable bonds is 4. The minimum atomic E-state index is -0.575. The molecule has 1 heterocycles. The molecule has 1 aromatic carbocycles. The Bertz CT molecular complexity index is 537. The number of amides is 1. The van der Waals surface area contributed by atoms with Gasteiger partial charge in [-0.05, 0) is 57.7 Å². The van der Waals surface area contributed by atoms with E-state index in [0.29, 0.717) is 23.8 Å². The van der Waals surface area contributed by atoms with E-state index in [1.54, 1.807) is 26.8 Å². The maximum absolute atomic E-state index is 13.9. The summed E-state index contributed by atoms with van der Waals surface area (Å²) in [5, 5.41) is 5.74. The van der Waals surface area contributed by atoms with E-state index in [1.807, 2.05) is 0 Å². The van der Waals surface area contributed by atoms with E-state index in [9.17, 15) is 9.18 Å². The number of carbonyl (C=O) groups excluding carboxylic acids is 1. The molecular formula is C17H25FN2O3. The minimum absolute atomic E-state index is 0.341. The number of hydrogen-bond donors (Lipinski definition) is 2. The first kappa shape index (κ1) is 17.5. The Morgan fingerprint density at radius 1 is 1.35 bits per heavy atom. The fourth-order valence-corrected chi connectivity index (χ4v) is 2.36. The van der Waals surface area contributed by atoms with Crippen molar-refractivity contribution in [3.63, 3.8) is 0 Å². The fraction of sp³-hybridized carbons (Fsp3) is 0.588. The highest BCUT2D eigenvalue weighted by atomic mass is 19.1. The molecule has 1 fully saturated rings. The molecule has 0 bridgehead atoms. The van der Waals surface area contributed by atoms with Gasteiger partial charge < -0.3 is 14.8 Å². The Morgan fingerprint density at radius 2 is 2.04 bits per heavy atom. The summed E-state index contributed by atoms with van der Waals surface area (Å²) >= 11 is 0. The summed E-state index contributed by atoms with van der Waals surface area (Å²) in [5.41, 5.74) is 0.300. The van der Waals surface area contributed by atoms with Crippen LogP contribution in [0.4, 0.5) is 20.6 Å². The predicted molar refractivity (Wildman–Crippen MR) is 88.3 cm³/mol. The van der Waals surface area contributed by atoms with Crippen LogP contribution in [0.5, 0.6) is 0 Å². The number of nitrogens with one attached hydrogen (secondary N) is 2. The van der Waals surface area contributed by atoms with Crippen LogP contribution in [-0.4, -0.2) is 31.5 Å². The van der Waals surface area contributed by atoms with E-state index in [-0.39, 0.29) is 5.82 Å². The summed E-state index contributed by atoms with van der Waals surface area (Å²) in [6, 6.07) is 4.43. The van der Waals surface area contributed by atoms with Crippen molar-refractivity contribution in [3.05, 3.63) is 24.0 Å². The van der Waals surface area contributed by atoms with Crippen LogP contribution in [0.3, 0.4) is 0 Å². The van der Waals surface area contributed by atoms with Crippen LogP contribution < -0.4 is 10.6 Å². The first-order chi connectivity index (χ1) is 10.8. The van der Waals surface area contributed by atoms with Crippen molar-refractivity contribution < 1.29 is 18.7 Å². The van der Waals surface area contributed by atoms with Gasteiger partial charge >= 0.3 is 6.09 Å². The summed E-state index contributed by atoms with van der Waals surface area (Å²) in [6.07, 6.45) is 1.40. The van der Waals surface area contributed by atoms with E-state index in [1.165, 1.54) is 12.1 Å². The third-order valence-corrected chi connectivity index (χ3v) is 3.53. The molecule has 6 heteroatoms. The largest absolute Gasteiger partial charge is 0.444 e. The Kier molecular flexibility index (Phi) is 5.82. The molecule has 128 valence electrons. The Hall–Kier alpha value is -1.82. The van der Waals surface area contributed by atoms with Crippen LogP contribution in [0, 0.1) is 11.7 Å². The molecule has 1 aliphatic rings. The van der Waals surface area contributed by atoms with Crippen LogP contribution in [0.1, 0.15) is 33.6 Å². The van der Waals surface area contributed by atoms with Crippen molar-refractivity contribution in [1.82, 2.24) is 0 Å². The summed E-state index contributed by atoms with van der Waals surface area (Å²) in [7, 11) is 0. The number of halogens is 1. The summed E-state index contributed by atoms with van der Waals surface area (Å²) in [6.45, 7) is 7.58. The van der Waals surface area contributed by atoms with Gasteiger partial charge in [0, 0.05) is 25.4 Å². The smallest absolute Gasteiger partial charge is 0.412 e. The number of anilines is 2. The van der Waals surface area contributed by atoms with Gasteiger partial charge in [0.25, 0.3) is 0 Å². The SMILES string of the molecule is CC(C)(C)OC(=O)Nc1ccc(F)c(NCC2CCOCC2)c1. The highest BCUT2D eigenvalue weighted by molar-refractivity contribution is 5.85. The second-order valence-corrected chi connectivity index (χ2v) is 6.76. The normalized spacial score (nSPS) is 16.0. The molecule has 0 aromatic heterocycles. The monoisotopic (exact) mass is 324 g/mol. The molecule has 1 aliphatic heterocycles. The Labute approximate surface area is 136 Å². The van der Waals surface area contributed by atoms with E-state index >= 15 is 0 Å². The van der Waals surface area contributed by atoms with Crippen molar-refractivity contribution in [2.75, 3.05) is 30.4 Å². The fourth-order valence-electron chi connectivity index (χ4n) is 2.36. The molecule has 0 atom stereocenters. The van der Waals surface area contributed by atoms with Crippen LogP contribution in [0.15, 0.2) is 18.2 Å². The zero-order chi connectivity index (χ0) is 16.9. The quantitative estimate of drug-likeness (QED) is 0.878. The highest BCUT2D eigenvalue weighted by Gasteiger charge is 2.17. The maximum atomic E-state index is 13.9. The van der Waals surface area contributed by atoms with Crippen molar-refractivity contribution in [1.29, 1.82) is 0 Å². The summed E-state index contributed by atoms with van der Waals surface area (Å²) in [5.74, 6) is 0.136. The zero-order valence-electron chi connectivity index (χ0n) is 13.9. The summed E-state index contributed by atoms with van der Waals surface area (Å²) in [4.78, 5) is 11.8. The van der Waals surface area contributed by atoms with E-state index in [2.05, 4.69) is 10.6 Å². The number of hydrogen-bond acceptors (Lipinski definition) is 4. The van der Waals surface area contributed by atoms with Gasteiger partial charge in [0.05, 0.1) is 5.69 Å². The minimum Gasteiger partial charge on any atom is -0.444 e. The van der Waals surface area contributed by atoms with E-state index in [4.69, 9.17) is 9.47 Å². The van der Waals surface area contributed by atoms with Gasteiger partial charge in [-0.15, -0.1) is 0 Å². The zero-order valence-corrected chi connectivity index (χ0v) is 13.9. The molecular weight excluding hydrogens is 299 g/mol. The summed E-state index contributed by atoms with van der Waals surface area (Å²) < 4.78 is 24.4. The molecule has 23 heavy (non-hydrogen) atoms. The molecule has 2 N–H and O–H groups in total. The van der Waals surface area contributed by atoms with Crippen LogP contribution in [0.2, 0.25) is 0 Å². The standard InChI is InChI=1S/C17H25FN2O3/c1-17(2,3)23-16(21)20-13-4-5-14(18)15(10-13)19-11-12-6-8-22-9-7-12/h4-5,10,12,19H,6-9,11H2,1-3H3,(H,20,21).